The molecule has 1 amide bonds. The summed E-state index contributed by atoms with van der Waals surface area (Å²) in [6, 6.07) is 9.19. The van der Waals surface area contributed by atoms with E-state index < -0.39 is 23.1 Å². The minimum Gasteiger partial charge on any atom is -0.497 e. The van der Waals surface area contributed by atoms with Crippen LogP contribution < -0.4 is 15.2 Å². The van der Waals surface area contributed by atoms with Gasteiger partial charge in [0.15, 0.2) is 22.4 Å². The minimum absolute atomic E-state index is 0.0887. The number of amides is 1. The van der Waals surface area contributed by atoms with Crippen LogP contribution in [0.5, 0.6) is 11.5 Å². The number of hydrogen-bond donors (Lipinski definition) is 1. The lowest BCUT2D eigenvalue weighted by Gasteiger charge is -2.08. The van der Waals surface area contributed by atoms with Crippen molar-refractivity contribution in [3.05, 3.63) is 58.6 Å². The van der Waals surface area contributed by atoms with Crippen molar-refractivity contribution in [1.29, 1.82) is 0 Å². The molecule has 1 heterocycles. The molecule has 3 rings (SSSR count). The van der Waals surface area contributed by atoms with Crippen molar-refractivity contribution in [2.45, 2.75) is 6.61 Å². The summed E-state index contributed by atoms with van der Waals surface area (Å²) >= 11 is 1.09. The first-order chi connectivity index (χ1) is 12.5. The van der Waals surface area contributed by atoms with Crippen molar-refractivity contribution in [2.75, 3.05) is 7.11 Å². The summed E-state index contributed by atoms with van der Waals surface area (Å²) in [5.74, 6) is -2.47. The van der Waals surface area contributed by atoms with Crippen LogP contribution in [0.4, 0.5) is 8.78 Å². The first-order valence-electron chi connectivity index (χ1n) is 7.37. The number of carbonyl (C=O) groups excluding carboxylic acids is 1. The standard InChI is InChI=1S/C17H13F2N3O3S/c1-24-10-4-2-9(3-5-10)17-21-13(26-22-17)8-25-12-7-6-11(18)14(15(12)19)16(20)23/h2-7H,8H2,1H3,(H2,20,23). The number of ether oxygens (including phenoxy) is 2. The van der Waals surface area contributed by atoms with Gasteiger partial charge in [0.05, 0.1) is 7.11 Å². The highest BCUT2D eigenvalue weighted by molar-refractivity contribution is 7.05. The zero-order valence-electron chi connectivity index (χ0n) is 13.5. The molecule has 0 aliphatic carbocycles. The monoisotopic (exact) mass is 377 g/mol. The van der Waals surface area contributed by atoms with Crippen molar-refractivity contribution in [3.63, 3.8) is 0 Å². The maximum atomic E-state index is 14.1. The number of nitrogens with zero attached hydrogens (tertiary/aromatic N) is 2. The van der Waals surface area contributed by atoms with Gasteiger partial charge in [-0.05, 0) is 47.9 Å². The van der Waals surface area contributed by atoms with Gasteiger partial charge < -0.3 is 15.2 Å². The highest BCUT2D eigenvalue weighted by Crippen LogP contribution is 2.25. The number of aromatic nitrogens is 2. The van der Waals surface area contributed by atoms with Crippen molar-refractivity contribution >= 4 is 17.4 Å². The number of methoxy groups -OCH3 is 1. The third-order valence-corrected chi connectivity index (χ3v) is 4.15. The summed E-state index contributed by atoms with van der Waals surface area (Å²) in [4.78, 5) is 15.4. The van der Waals surface area contributed by atoms with Crippen LogP contribution in [-0.4, -0.2) is 22.4 Å². The van der Waals surface area contributed by atoms with Gasteiger partial charge in [0.2, 0.25) is 0 Å². The SMILES string of the molecule is COc1ccc(-c2nsc(COc3ccc(F)c(C(N)=O)c3F)n2)cc1. The Labute approximate surface area is 151 Å². The average molecular weight is 377 g/mol. The quantitative estimate of drug-likeness (QED) is 0.713. The molecular formula is C17H13F2N3O3S. The number of halogens is 2. The molecule has 0 atom stereocenters. The number of carbonyl (C=O) groups is 1. The van der Waals surface area contributed by atoms with E-state index in [-0.39, 0.29) is 12.4 Å². The lowest BCUT2D eigenvalue weighted by atomic mass is 10.1. The van der Waals surface area contributed by atoms with Crippen LogP contribution in [0.25, 0.3) is 11.4 Å². The zero-order chi connectivity index (χ0) is 18.7. The van der Waals surface area contributed by atoms with Gasteiger partial charge in [-0.1, -0.05) is 0 Å². The van der Waals surface area contributed by atoms with Crippen LogP contribution in [0.2, 0.25) is 0 Å². The number of primary amides is 1. The molecule has 0 spiro atoms. The van der Waals surface area contributed by atoms with Crippen LogP contribution in [0.3, 0.4) is 0 Å². The van der Waals surface area contributed by atoms with Gasteiger partial charge in [0.25, 0.3) is 5.91 Å². The van der Waals surface area contributed by atoms with Crippen LogP contribution >= 0.6 is 11.5 Å². The van der Waals surface area contributed by atoms with Crippen LogP contribution in [-0.2, 0) is 6.61 Å². The van der Waals surface area contributed by atoms with E-state index in [1.54, 1.807) is 19.2 Å². The van der Waals surface area contributed by atoms with Crippen LogP contribution in [0, 0.1) is 11.6 Å². The van der Waals surface area contributed by atoms with E-state index >= 15 is 0 Å². The molecule has 0 unspecified atom stereocenters. The molecular weight excluding hydrogens is 364 g/mol. The van der Waals surface area contributed by atoms with Gasteiger partial charge in [-0.3, -0.25) is 4.79 Å². The second-order valence-corrected chi connectivity index (χ2v) is 5.96. The molecule has 2 N–H and O–H groups in total. The molecule has 3 aromatic rings. The Balaban J connectivity index is 1.74. The minimum atomic E-state index is -1.21. The fraction of sp³-hybridized carbons (Fsp3) is 0.118. The molecule has 0 saturated carbocycles. The fourth-order valence-corrected chi connectivity index (χ4v) is 2.76. The molecule has 6 nitrogen and oxygen atoms in total. The Kier molecular flexibility index (Phi) is 5.08. The zero-order valence-corrected chi connectivity index (χ0v) is 14.3. The highest BCUT2D eigenvalue weighted by Gasteiger charge is 2.19. The average Bonchev–Trinajstić information content (AvgIpc) is 3.10. The van der Waals surface area contributed by atoms with Gasteiger partial charge in [-0.25, -0.2) is 13.8 Å². The molecule has 1 aromatic heterocycles. The number of rotatable bonds is 6. The Morgan fingerprint density at radius 1 is 1.19 bits per heavy atom. The molecule has 9 heteroatoms. The fourth-order valence-electron chi connectivity index (χ4n) is 2.18. The molecule has 0 bridgehead atoms. The first kappa shape index (κ1) is 17.7. The topological polar surface area (TPSA) is 87.3 Å². The van der Waals surface area contributed by atoms with Gasteiger partial charge in [0, 0.05) is 5.56 Å². The number of benzene rings is 2. The van der Waals surface area contributed by atoms with Gasteiger partial charge in [0.1, 0.15) is 23.7 Å². The Morgan fingerprint density at radius 3 is 2.58 bits per heavy atom. The lowest BCUT2D eigenvalue weighted by molar-refractivity contribution is 0.0991. The molecule has 0 saturated heterocycles. The lowest BCUT2D eigenvalue weighted by Crippen LogP contribution is -2.16. The summed E-state index contributed by atoms with van der Waals surface area (Å²) in [5.41, 5.74) is 4.93. The molecule has 26 heavy (non-hydrogen) atoms. The van der Waals surface area contributed by atoms with Gasteiger partial charge >= 0.3 is 0 Å². The maximum absolute atomic E-state index is 14.1. The smallest absolute Gasteiger partial charge is 0.254 e. The maximum Gasteiger partial charge on any atom is 0.254 e. The van der Waals surface area contributed by atoms with Crippen LogP contribution in [0.15, 0.2) is 36.4 Å². The summed E-state index contributed by atoms with van der Waals surface area (Å²) in [6.45, 7) is -0.0887. The second-order valence-electron chi connectivity index (χ2n) is 5.13. The van der Waals surface area contributed by atoms with E-state index in [1.807, 2.05) is 12.1 Å². The van der Waals surface area contributed by atoms with Crippen molar-refractivity contribution < 1.29 is 23.0 Å². The Hall–Kier alpha value is -3.07. The molecule has 0 radical (unpaired) electrons. The molecule has 0 aliphatic rings. The van der Waals surface area contributed by atoms with Gasteiger partial charge in [-0.15, -0.1) is 0 Å². The molecule has 134 valence electrons. The van der Waals surface area contributed by atoms with Crippen molar-refractivity contribution in [3.8, 4) is 22.9 Å². The Bertz CT molecular complexity index is 945. The summed E-state index contributed by atoms with van der Waals surface area (Å²) in [5, 5.41) is 0.486. The van der Waals surface area contributed by atoms with E-state index in [0.29, 0.717) is 16.6 Å². The van der Waals surface area contributed by atoms with E-state index in [0.717, 1.165) is 29.2 Å². The predicted octanol–water partition coefficient (Wildman–Crippen LogP) is 3.17. The molecule has 0 aliphatic heterocycles. The first-order valence-corrected chi connectivity index (χ1v) is 8.14. The van der Waals surface area contributed by atoms with E-state index in [4.69, 9.17) is 15.2 Å². The third kappa shape index (κ3) is 3.62. The third-order valence-electron chi connectivity index (χ3n) is 3.47. The normalized spacial score (nSPS) is 10.6. The van der Waals surface area contributed by atoms with E-state index in [1.165, 1.54) is 0 Å². The summed E-state index contributed by atoms with van der Waals surface area (Å²) in [7, 11) is 1.57. The van der Waals surface area contributed by atoms with Crippen molar-refractivity contribution in [1.82, 2.24) is 9.36 Å². The summed E-state index contributed by atoms with van der Waals surface area (Å²) < 4.78 is 42.2. The number of nitrogens with two attached hydrogens (primary N) is 1. The molecule has 2 aromatic carbocycles. The Morgan fingerprint density at radius 2 is 1.92 bits per heavy atom. The number of hydrogen-bond acceptors (Lipinski definition) is 6. The second kappa shape index (κ2) is 7.44. The largest absolute Gasteiger partial charge is 0.497 e. The van der Waals surface area contributed by atoms with Gasteiger partial charge in [-0.2, -0.15) is 4.37 Å². The molecule has 0 fully saturated rings. The van der Waals surface area contributed by atoms with Crippen molar-refractivity contribution in [2.24, 2.45) is 5.73 Å². The van der Waals surface area contributed by atoms with Crippen LogP contribution in [0.1, 0.15) is 15.4 Å². The predicted molar refractivity (Wildman–Crippen MR) is 91.1 cm³/mol. The van der Waals surface area contributed by atoms with E-state index in [9.17, 15) is 13.6 Å². The summed E-state index contributed by atoms with van der Waals surface area (Å²) in [6.07, 6.45) is 0. The highest BCUT2D eigenvalue weighted by atomic mass is 32.1. The van der Waals surface area contributed by atoms with E-state index in [2.05, 4.69) is 9.36 Å².